The van der Waals surface area contributed by atoms with Crippen LogP contribution in [0, 0.1) is 0 Å². The predicted octanol–water partition coefficient (Wildman–Crippen LogP) is 2.14. The van der Waals surface area contributed by atoms with Crippen molar-refractivity contribution >= 4 is 27.7 Å². The summed E-state index contributed by atoms with van der Waals surface area (Å²) in [7, 11) is -0.491. The van der Waals surface area contributed by atoms with E-state index in [1.54, 1.807) is 55.7 Å². The van der Waals surface area contributed by atoms with Crippen LogP contribution in [0.15, 0.2) is 48.5 Å². The number of carbonyl (C=O) groups excluding carboxylic acids is 1. The minimum Gasteiger partial charge on any atom is -0.493 e. The third-order valence-corrected chi connectivity index (χ3v) is 4.16. The highest BCUT2D eigenvalue weighted by molar-refractivity contribution is 7.88. The summed E-state index contributed by atoms with van der Waals surface area (Å²) in [6.07, 6.45) is 3.03. The molecule has 8 heteroatoms. The van der Waals surface area contributed by atoms with Crippen molar-refractivity contribution in [3.05, 3.63) is 59.7 Å². The van der Waals surface area contributed by atoms with Gasteiger partial charge in [0.1, 0.15) is 0 Å². The number of rotatable bonds is 7. The Labute approximate surface area is 152 Å². The number of sulfonamides is 1. The van der Waals surface area contributed by atoms with Crippen molar-refractivity contribution in [2.75, 3.05) is 19.5 Å². The number of carbonyl (C=O) groups is 1. The molecule has 138 valence electrons. The lowest BCUT2D eigenvalue weighted by atomic mass is 10.2. The van der Waals surface area contributed by atoms with E-state index in [2.05, 4.69) is 5.32 Å². The molecule has 0 aliphatic carbocycles. The fourth-order valence-corrected chi connectivity index (χ4v) is 2.89. The maximum atomic E-state index is 12.0. The fraction of sp³-hybridized carbons (Fsp3) is 0.167. The van der Waals surface area contributed by atoms with Gasteiger partial charge in [-0.15, -0.1) is 0 Å². The average Bonchev–Trinajstić information content (AvgIpc) is 2.60. The van der Waals surface area contributed by atoms with Gasteiger partial charge in [-0.1, -0.05) is 18.2 Å². The summed E-state index contributed by atoms with van der Waals surface area (Å²) in [4.78, 5) is 12.0. The smallest absolute Gasteiger partial charge is 0.248 e. The van der Waals surface area contributed by atoms with Gasteiger partial charge in [-0.25, -0.2) is 13.6 Å². The van der Waals surface area contributed by atoms with Gasteiger partial charge in [0.05, 0.1) is 20.0 Å². The lowest BCUT2D eigenvalue weighted by molar-refractivity contribution is -0.111. The molecule has 0 saturated carbocycles. The molecule has 0 radical (unpaired) electrons. The van der Waals surface area contributed by atoms with Crippen molar-refractivity contribution in [2.45, 2.75) is 5.75 Å². The summed E-state index contributed by atoms with van der Waals surface area (Å²) < 4.78 is 32.5. The Kier molecular flexibility index (Phi) is 6.37. The topological polar surface area (TPSA) is 108 Å². The molecule has 7 nitrogen and oxygen atoms in total. The molecule has 3 N–H and O–H groups in total. The third-order valence-electron chi connectivity index (χ3n) is 3.42. The van der Waals surface area contributed by atoms with Crippen molar-refractivity contribution in [3.63, 3.8) is 0 Å². The molecular weight excluding hydrogens is 356 g/mol. The van der Waals surface area contributed by atoms with E-state index in [0.29, 0.717) is 22.7 Å². The normalized spacial score (nSPS) is 11.3. The van der Waals surface area contributed by atoms with Crippen molar-refractivity contribution < 1.29 is 22.7 Å². The Hall–Kier alpha value is -2.84. The average molecular weight is 376 g/mol. The van der Waals surface area contributed by atoms with Gasteiger partial charge < -0.3 is 14.8 Å². The highest BCUT2D eigenvalue weighted by Crippen LogP contribution is 2.27. The molecule has 0 heterocycles. The van der Waals surface area contributed by atoms with Gasteiger partial charge in [-0.05, 0) is 41.5 Å². The molecule has 0 fully saturated rings. The first-order valence-electron chi connectivity index (χ1n) is 7.61. The van der Waals surface area contributed by atoms with Gasteiger partial charge in [0, 0.05) is 11.8 Å². The van der Waals surface area contributed by atoms with E-state index < -0.39 is 10.0 Å². The summed E-state index contributed by atoms with van der Waals surface area (Å²) in [6.45, 7) is 0. The van der Waals surface area contributed by atoms with E-state index in [9.17, 15) is 13.2 Å². The molecule has 0 atom stereocenters. The molecule has 0 aliphatic heterocycles. The summed E-state index contributed by atoms with van der Waals surface area (Å²) in [5.41, 5.74) is 1.87. The van der Waals surface area contributed by atoms with Crippen LogP contribution >= 0.6 is 0 Å². The molecule has 26 heavy (non-hydrogen) atoms. The Bertz CT molecular complexity index is 906. The number of primary sulfonamides is 1. The number of hydrogen-bond acceptors (Lipinski definition) is 5. The number of methoxy groups -OCH3 is 2. The SMILES string of the molecule is COc1ccc(/C=C/C(=O)Nc2ccc(CS(N)(=O)=O)cc2)cc1OC. The largest absolute Gasteiger partial charge is 0.493 e. The Morgan fingerprint density at radius 3 is 2.31 bits per heavy atom. The van der Waals surface area contributed by atoms with Crippen LogP contribution in [0.5, 0.6) is 11.5 Å². The summed E-state index contributed by atoms with van der Waals surface area (Å²) in [6, 6.07) is 11.7. The zero-order chi connectivity index (χ0) is 19.2. The van der Waals surface area contributed by atoms with Crippen molar-refractivity contribution in [1.29, 1.82) is 0 Å². The standard InChI is InChI=1S/C18H20N2O5S/c1-24-16-9-5-13(11-17(16)25-2)6-10-18(21)20-15-7-3-14(4-8-15)12-26(19,22)23/h3-11H,12H2,1-2H3,(H,20,21)(H2,19,22,23)/b10-6+. The van der Waals surface area contributed by atoms with Gasteiger partial charge in [0.2, 0.25) is 15.9 Å². The maximum Gasteiger partial charge on any atom is 0.248 e. The monoisotopic (exact) mass is 376 g/mol. The van der Waals surface area contributed by atoms with Crippen LogP contribution in [0.25, 0.3) is 6.08 Å². The van der Waals surface area contributed by atoms with Crippen molar-refractivity contribution in [2.24, 2.45) is 5.14 Å². The van der Waals surface area contributed by atoms with Gasteiger partial charge >= 0.3 is 0 Å². The van der Waals surface area contributed by atoms with Crippen LogP contribution in [0.1, 0.15) is 11.1 Å². The molecule has 2 rings (SSSR count). The first kappa shape index (κ1) is 19.5. The highest BCUT2D eigenvalue weighted by atomic mass is 32.2. The Morgan fingerprint density at radius 1 is 1.08 bits per heavy atom. The van der Waals surface area contributed by atoms with Crippen molar-refractivity contribution in [3.8, 4) is 11.5 Å². The minimum atomic E-state index is -3.58. The Morgan fingerprint density at radius 2 is 1.73 bits per heavy atom. The molecule has 0 spiro atoms. The third kappa shape index (κ3) is 5.91. The highest BCUT2D eigenvalue weighted by Gasteiger charge is 2.06. The molecule has 2 aromatic carbocycles. The van der Waals surface area contributed by atoms with Crippen LogP contribution in [-0.2, 0) is 20.6 Å². The number of amides is 1. The molecule has 0 aliphatic rings. The molecule has 0 bridgehead atoms. The molecule has 0 aromatic heterocycles. The second-order valence-electron chi connectivity index (χ2n) is 5.44. The number of hydrogen-bond donors (Lipinski definition) is 2. The lowest BCUT2D eigenvalue weighted by Crippen LogP contribution is -2.14. The van der Waals surface area contributed by atoms with E-state index in [1.807, 2.05) is 0 Å². The first-order valence-corrected chi connectivity index (χ1v) is 9.33. The minimum absolute atomic E-state index is 0.250. The van der Waals surface area contributed by atoms with E-state index in [1.165, 1.54) is 13.2 Å². The number of anilines is 1. The number of benzene rings is 2. The van der Waals surface area contributed by atoms with E-state index in [4.69, 9.17) is 14.6 Å². The van der Waals surface area contributed by atoms with Gasteiger partial charge in [-0.2, -0.15) is 0 Å². The molecular formula is C18H20N2O5S. The first-order chi connectivity index (χ1) is 12.3. The van der Waals surface area contributed by atoms with Gasteiger partial charge in [0.15, 0.2) is 11.5 Å². The summed E-state index contributed by atoms with van der Waals surface area (Å²) in [5, 5.41) is 7.69. The van der Waals surface area contributed by atoms with Crippen LogP contribution in [0.3, 0.4) is 0 Å². The van der Waals surface area contributed by atoms with Crippen molar-refractivity contribution in [1.82, 2.24) is 0 Å². The molecule has 1 amide bonds. The van der Waals surface area contributed by atoms with E-state index >= 15 is 0 Å². The lowest BCUT2D eigenvalue weighted by Gasteiger charge is -2.07. The number of ether oxygens (including phenoxy) is 2. The second kappa shape index (κ2) is 8.50. The predicted molar refractivity (Wildman–Crippen MR) is 100 cm³/mol. The van der Waals surface area contributed by atoms with Gasteiger partial charge in [0.25, 0.3) is 0 Å². The second-order valence-corrected chi connectivity index (χ2v) is 7.06. The zero-order valence-corrected chi connectivity index (χ0v) is 15.2. The zero-order valence-electron chi connectivity index (χ0n) is 14.4. The van der Waals surface area contributed by atoms with Gasteiger partial charge in [-0.3, -0.25) is 4.79 Å². The molecule has 0 unspecified atom stereocenters. The molecule has 2 aromatic rings. The van der Waals surface area contributed by atoms with E-state index in [-0.39, 0.29) is 11.7 Å². The number of nitrogens with two attached hydrogens (primary N) is 1. The van der Waals surface area contributed by atoms with Crippen LogP contribution in [0.4, 0.5) is 5.69 Å². The van der Waals surface area contributed by atoms with E-state index in [0.717, 1.165) is 5.56 Å². The Balaban J connectivity index is 2.01. The van der Waals surface area contributed by atoms with Crippen LogP contribution in [0.2, 0.25) is 0 Å². The summed E-state index contributed by atoms with van der Waals surface area (Å²) >= 11 is 0. The number of nitrogens with one attached hydrogen (secondary N) is 1. The van der Waals surface area contributed by atoms with Crippen LogP contribution in [-0.4, -0.2) is 28.5 Å². The van der Waals surface area contributed by atoms with Crippen LogP contribution < -0.4 is 19.9 Å². The molecule has 0 saturated heterocycles. The quantitative estimate of drug-likeness (QED) is 0.720. The maximum absolute atomic E-state index is 12.0. The summed E-state index contributed by atoms with van der Waals surface area (Å²) in [5.74, 6) is 0.605. The fourth-order valence-electron chi connectivity index (χ4n) is 2.23.